The maximum absolute atomic E-state index is 2.51. The fraction of sp³-hybridized carbons (Fsp3) is 0.789. The molecule has 3 atom stereocenters. The predicted octanol–water partition coefficient (Wildman–Crippen LogP) is 6.39. The van der Waals surface area contributed by atoms with Crippen molar-refractivity contribution in [3.63, 3.8) is 0 Å². The Labute approximate surface area is 121 Å². The summed E-state index contributed by atoms with van der Waals surface area (Å²) in [6, 6.07) is 0. The van der Waals surface area contributed by atoms with Crippen LogP contribution in [0.1, 0.15) is 73.1 Å². The third kappa shape index (κ3) is 5.97. The van der Waals surface area contributed by atoms with E-state index in [1.165, 1.54) is 44.1 Å². The Bertz CT molecular complexity index is 295. The molecule has 0 saturated heterocycles. The second kappa shape index (κ2) is 8.61. The highest BCUT2D eigenvalue weighted by Crippen LogP contribution is 2.38. The summed E-state index contributed by atoms with van der Waals surface area (Å²) in [4.78, 5) is 0. The molecule has 0 heteroatoms. The van der Waals surface area contributed by atoms with E-state index in [0.717, 1.165) is 23.7 Å². The van der Waals surface area contributed by atoms with Gasteiger partial charge in [0.1, 0.15) is 0 Å². The lowest BCUT2D eigenvalue weighted by Gasteiger charge is -2.35. The van der Waals surface area contributed by atoms with Crippen LogP contribution in [-0.4, -0.2) is 0 Å². The van der Waals surface area contributed by atoms with Gasteiger partial charge in [0.25, 0.3) is 0 Å². The van der Waals surface area contributed by atoms with Crippen LogP contribution in [0.25, 0.3) is 0 Å². The summed E-state index contributed by atoms with van der Waals surface area (Å²) in [7, 11) is 0. The molecule has 1 saturated carbocycles. The molecule has 110 valence electrons. The van der Waals surface area contributed by atoms with Crippen LogP contribution in [0.4, 0.5) is 0 Å². The summed E-state index contributed by atoms with van der Waals surface area (Å²) in [5.74, 6) is 3.44. The molecule has 19 heavy (non-hydrogen) atoms. The molecule has 1 rings (SSSR count). The minimum absolute atomic E-state index is 0.804. The zero-order valence-corrected chi connectivity index (χ0v) is 13.8. The fourth-order valence-electron chi connectivity index (χ4n) is 3.37. The van der Waals surface area contributed by atoms with E-state index in [-0.39, 0.29) is 0 Å². The van der Waals surface area contributed by atoms with E-state index in [0.29, 0.717) is 0 Å². The quantitative estimate of drug-likeness (QED) is 0.384. The Hall–Kier alpha value is -0.520. The van der Waals surface area contributed by atoms with E-state index in [1.54, 1.807) is 0 Å². The molecule has 0 aromatic carbocycles. The molecule has 0 spiro atoms. The highest BCUT2D eigenvalue weighted by Gasteiger charge is 2.28. The van der Waals surface area contributed by atoms with Crippen molar-refractivity contribution in [2.24, 2.45) is 23.7 Å². The van der Waals surface area contributed by atoms with Crippen molar-refractivity contribution in [1.82, 2.24) is 0 Å². The van der Waals surface area contributed by atoms with Gasteiger partial charge in [-0.3, -0.25) is 0 Å². The van der Waals surface area contributed by atoms with E-state index >= 15 is 0 Å². The van der Waals surface area contributed by atoms with E-state index < -0.39 is 0 Å². The van der Waals surface area contributed by atoms with Crippen molar-refractivity contribution in [1.29, 1.82) is 0 Å². The second-order valence-electron chi connectivity index (χ2n) is 6.94. The monoisotopic (exact) mass is 262 g/mol. The average molecular weight is 262 g/mol. The first-order valence-electron chi connectivity index (χ1n) is 8.39. The minimum atomic E-state index is 0.804. The van der Waals surface area contributed by atoms with E-state index in [9.17, 15) is 0 Å². The number of allylic oxidation sites excluding steroid dienone is 4. The van der Waals surface area contributed by atoms with E-state index in [4.69, 9.17) is 0 Å². The van der Waals surface area contributed by atoms with Crippen LogP contribution in [0.5, 0.6) is 0 Å². The normalized spacial score (nSPS) is 29.4. The van der Waals surface area contributed by atoms with Crippen molar-refractivity contribution in [3.05, 3.63) is 23.8 Å². The average Bonchev–Trinajstić information content (AvgIpc) is 2.36. The van der Waals surface area contributed by atoms with Crippen LogP contribution >= 0.6 is 0 Å². The Morgan fingerprint density at radius 2 is 2.00 bits per heavy atom. The van der Waals surface area contributed by atoms with Crippen LogP contribution in [0.2, 0.25) is 0 Å². The van der Waals surface area contributed by atoms with Gasteiger partial charge >= 0.3 is 0 Å². The van der Waals surface area contributed by atoms with Gasteiger partial charge in [-0.1, -0.05) is 70.8 Å². The van der Waals surface area contributed by atoms with Gasteiger partial charge in [-0.15, -0.1) is 0 Å². The molecule has 0 nitrogen and oxygen atoms in total. The van der Waals surface area contributed by atoms with Crippen LogP contribution in [0.15, 0.2) is 23.8 Å². The zero-order chi connectivity index (χ0) is 14.3. The van der Waals surface area contributed by atoms with Crippen molar-refractivity contribution in [2.75, 3.05) is 0 Å². The van der Waals surface area contributed by atoms with E-state index in [1.807, 2.05) is 0 Å². The second-order valence-corrected chi connectivity index (χ2v) is 6.94. The molecule has 1 fully saturated rings. The first-order valence-corrected chi connectivity index (χ1v) is 8.39. The maximum Gasteiger partial charge on any atom is -0.0197 e. The first kappa shape index (κ1) is 16.5. The first-order chi connectivity index (χ1) is 9.04. The molecule has 0 bridgehead atoms. The highest BCUT2D eigenvalue weighted by atomic mass is 14.3. The minimum Gasteiger partial charge on any atom is -0.0816 e. The standard InChI is InChI=1S/C19H34/c1-6-7-8-9-16(4)10-12-18-14-17(5)11-13-19(18)15(2)3/h9-10,12,15,17-19H,6-8,11,13-14H2,1-5H3/b12-10+,16-9+/t17-,18-,19+/m1/s1. The number of unbranched alkanes of at least 4 members (excludes halogenated alkanes) is 2. The largest absolute Gasteiger partial charge is 0.0816 e. The van der Waals surface area contributed by atoms with Gasteiger partial charge in [-0.25, -0.2) is 0 Å². The Balaban J connectivity index is 2.57. The molecule has 0 N–H and O–H groups in total. The SMILES string of the molecule is CCCC/C=C(C)/C=C/[C@@H]1C[C@H](C)CC[C@H]1C(C)C. The topological polar surface area (TPSA) is 0 Å². The van der Waals surface area contributed by atoms with Gasteiger partial charge in [0.05, 0.1) is 0 Å². The van der Waals surface area contributed by atoms with Gasteiger partial charge in [0.15, 0.2) is 0 Å². The molecule has 0 unspecified atom stereocenters. The maximum atomic E-state index is 2.51. The third-order valence-electron chi connectivity index (χ3n) is 4.70. The molecular formula is C19H34. The van der Waals surface area contributed by atoms with Crippen molar-refractivity contribution in [3.8, 4) is 0 Å². The fourth-order valence-corrected chi connectivity index (χ4v) is 3.37. The predicted molar refractivity (Wildman–Crippen MR) is 87.3 cm³/mol. The van der Waals surface area contributed by atoms with Crippen LogP contribution in [-0.2, 0) is 0 Å². The van der Waals surface area contributed by atoms with E-state index in [2.05, 4.69) is 52.8 Å². The van der Waals surface area contributed by atoms with Crippen molar-refractivity contribution >= 4 is 0 Å². The van der Waals surface area contributed by atoms with Gasteiger partial charge in [0.2, 0.25) is 0 Å². The summed E-state index contributed by atoms with van der Waals surface area (Å²) in [5, 5.41) is 0. The summed E-state index contributed by atoms with van der Waals surface area (Å²) in [5.41, 5.74) is 1.45. The van der Waals surface area contributed by atoms with Crippen molar-refractivity contribution in [2.45, 2.75) is 73.1 Å². The number of rotatable bonds is 6. The zero-order valence-electron chi connectivity index (χ0n) is 13.8. The lowest BCUT2D eigenvalue weighted by atomic mass is 9.70. The molecule has 0 amide bonds. The number of hydrogen-bond donors (Lipinski definition) is 0. The summed E-state index contributed by atoms with van der Waals surface area (Å²) in [6.07, 6.45) is 15.4. The smallest absolute Gasteiger partial charge is 0.0197 e. The van der Waals surface area contributed by atoms with Crippen molar-refractivity contribution < 1.29 is 0 Å². The molecule has 0 aromatic rings. The summed E-state index contributed by atoms with van der Waals surface area (Å²) < 4.78 is 0. The Morgan fingerprint density at radius 3 is 2.63 bits per heavy atom. The molecule has 1 aliphatic carbocycles. The lowest BCUT2D eigenvalue weighted by molar-refractivity contribution is 0.178. The third-order valence-corrected chi connectivity index (χ3v) is 4.70. The summed E-state index contributed by atoms with van der Waals surface area (Å²) in [6.45, 7) is 11.7. The van der Waals surface area contributed by atoms with Crippen LogP contribution in [0.3, 0.4) is 0 Å². The van der Waals surface area contributed by atoms with Gasteiger partial charge < -0.3 is 0 Å². The summed E-state index contributed by atoms with van der Waals surface area (Å²) >= 11 is 0. The molecule has 0 heterocycles. The molecule has 0 aromatic heterocycles. The van der Waals surface area contributed by atoms with Crippen LogP contribution in [0, 0.1) is 23.7 Å². The number of hydrogen-bond acceptors (Lipinski definition) is 0. The Morgan fingerprint density at radius 1 is 1.26 bits per heavy atom. The highest BCUT2D eigenvalue weighted by molar-refractivity contribution is 5.17. The van der Waals surface area contributed by atoms with Gasteiger partial charge in [-0.05, 0) is 49.9 Å². The molecule has 0 aliphatic heterocycles. The van der Waals surface area contributed by atoms with Gasteiger partial charge in [0, 0.05) is 0 Å². The van der Waals surface area contributed by atoms with Gasteiger partial charge in [-0.2, -0.15) is 0 Å². The molecule has 1 aliphatic rings. The molecular weight excluding hydrogens is 228 g/mol. The molecule has 0 radical (unpaired) electrons. The van der Waals surface area contributed by atoms with Crippen LogP contribution < -0.4 is 0 Å². The Kier molecular flexibility index (Phi) is 7.49. The lowest BCUT2D eigenvalue weighted by Crippen LogP contribution is -2.26.